The number of amides is 1. The molecule has 1 aromatic heterocycles. The van der Waals surface area contributed by atoms with Crippen LogP contribution in [-0.4, -0.2) is 61.8 Å². The largest absolute Gasteiger partial charge is 0.455 e. The third-order valence-electron chi connectivity index (χ3n) is 6.11. The summed E-state index contributed by atoms with van der Waals surface area (Å²) in [5.41, 5.74) is 3.80. The van der Waals surface area contributed by atoms with Gasteiger partial charge in [0.2, 0.25) is 21.9 Å². The number of benzene rings is 2. The summed E-state index contributed by atoms with van der Waals surface area (Å²) in [7, 11) is -3.19. The lowest BCUT2D eigenvalue weighted by atomic mass is 9.99. The molecule has 0 radical (unpaired) electrons. The van der Waals surface area contributed by atoms with Gasteiger partial charge in [-0.1, -0.05) is 35.3 Å². The summed E-state index contributed by atoms with van der Waals surface area (Å²) < 4.78 is 30.8. The fourth-order valence-corrected chi connectivity index (χ4v) is 5.39. The Morgan fingerprint density at radius 2 is 1.92 bits per heavy atom. The van der Waals surface area contributed by atoms with Gasteiger partial charge in [0.1, 0.15) is 5.56 Å². The summed E-state index contributed by atoms with van der Waals surface area (Å²) in [6.45, 7) is 2.53. The maximum absolute atomic E-state index is 13.1. The third-order valence-corrected chi connectivity index (χ3v) is 7.45. The molecular formula is C24H24Cl2N6O4S. The van der Waals surface area contributed by atoms with Gasteiger partial charge < -0.3 is 10.1 Å². The van der Waals surface area contributed by atoms with Crippen molar-refractivity contribution in [3.8, 4) is 5.88 Å². The number of aromatic nitrogens is 2. The second kappa shape index (κ2) is 10.4. The molecule has 0 saturated carbocycles. The van der Waals surface area contributed by atoms with Crippen molar-refractivity contribution in [1.29, 1.82) is 0 Å². The van der Waals surface area contributed by atoms with Gasteiger partial charge >= 0.3 is 0 Å². The van der Waals surface area contributed by atoms with Crippen molar-refractivity contribution >= 4 is 56.5 Å². The highest BCUT2D eigenvalue weighted by Crippen LogP contribution is 2.37. The van der Waals surface area contributed by atoms with Crippen LogP contribution in [0.15, 0.2) is 42.6 Å². The molecular weight excluding hydrogens is 539 g/mol. The topological polar surface area (TPSA) is 117 Å². The molecule has 0 spiro atoms. The first-order chi connectivity index (χ1) is 17.7. The van der Waals surface area contributed by atoms with E-state index in [1.807, 2.05) is 12.1 Å². The molecule has 2 N–H and O–H groups in total. The molecule has 1 amide bonds. The predicted octanol–water partition coefficient (Wildman–Crippen LogP) is 3.43. The number of ether oxygens (including phenoxy) is 1. The fraction of sp³-hybridized carbons (Fsp3) is 0.292. The first kappa shape index (κ1) is 25.7. The van der Waals surface area contributed by atoms with Gasteiger partial charge in [-0.05, 0) is 41.8 Å². The quantitative estimate of drug-likeness (QED) is 0.449. The van der Waals surface area contributed by atoms with Crippen molar-refractivity contribution in [2.45, 2.75) is 13.0 Å². The number of carbonyl (C=O) groups is 1. The molecule has 194 valence electrons. The SMILES string of the molecule is CS(=O)(=O)NCCN1CCc2cc(Nc3ncc4c(n3)OCN(c3c(Cl)cccc3Cl)C4=O)ccc2C1. The second-order valence-electron chi connectivity index (χ2n) is 8.79. The maximum Gasteiger partial charge on any atom is 0.268 e. The van der Waals surface area contributed by atoms with Gasteiger partial charge in [0, 0.05) is 38.1 Å². The summed E-state index contributed by atoms with van der Waals surface area (Å²) in [6, 6.07) is 11.0. The predicted molar refractivity (Wildman–Crippen MR) is 142 cm³/mol. The van der Waals surface area contributed by atoms with Gasteiger partial charge in [-0.25, -0.2) is 18.1 Å². The van der Waals surface area contributed by atoms with Crippen molar-refractivity contribution in [3.05, 3.63) is 69.3 Å². The minimum Gasteiger partial charge on any atom is -0.455 e. The molecule has 5 rings (SSSR count). The van der Waals surface area contributed by atoms with Crippen molar-refractivity contribution in [1.82, 2.24) is 19.6 Å². The van der Waals surface area contributed by atoms with E-state index in [0.717, 1.165) is 31.5 Å². The Hall–Kier alpha value is -2.96. The van der Waals surface area contributed by atoms with E-state index in [1.54, 1.807) is 18.2 Å². The van der Waals surface area contributed by atoms with E-state index >= 15 is 0 Å². The van der Waals surface area contributed by atoms with Crippen LogP contribution in [0.1, 0.15) is 21.5 Å². The van der Waals surface area contributed by atoms with E-state index in [0.29, 0.717) is 34.8 Å². The number of hydrogen-bond acceptors (Lipinski definition) is 8. The number of carbonyl (C=O) groups excluding carboxylic acids is 1. The number of nitrogens with zero attached hydrogens (tertiary/aromatic N) is 4. The van der Waals surface area contributed by atoms with Crippen molar-refractivity contribution < 1.29 is 17.9 Å². The number of fused-ring (bicyclic) bond motifs is 2. The molecule has 0 aliphatic carbocycles. The van der Waals surface area contributed by atoms with Crippen LogP contribution in [0, 0.1) is 0 Å². The number of anilines is 3. The van der Waals surface area contributed by atoms with Crippen LogP contribution in [0.3, 0.4) is 0 Å². The highest BCUT2D eigenvalue weighted by atomic mass is 35.5. The standard InChI is InChI=1S/C24H24Cl2N6O4S/c1-37(34,35)28-8-10-31-9-7-15-11-17(6-5-16(15)13-31)29-24-27-12-18-22(30-24)36-14-32(23(18)33)21-19(25)3-2-4-20(21)26/h2-6,11-12,28H,7-10,13-14H2,1H3,(H,27,29,30). The third kappa shape index (κ3) is 5.81. The Kier molecular flexibility index (Phi) is 7.24. The van der Waals surface area contributed by atoms with Crippen LogP contribution in [0.25, 0.3) is 0 Å². The Morgan fingerprint density at radius 3 is 2.68 bits per heavy atom. The fourth-order valence-electron chi connectivity index (χ4n) is 4.32. The van der Waals surface area contributed by atoms with E-state index in [1.165, 1.54) is 22.2 Å². The van der Waals surface area contributed by atoms with Crippen LogP contribution in [-0.2, 0) is 23.0 Å². The van der Waals surface area contributed by atoms with E-state index in [4.69, 9.17) is 27.9 Å². The lowest BCUT2D eigenvalue weighted by molar-refractivity contribution is 0.0932. The highest BCUT2D eigenvalue weighted by Gasteiger charge is 2.31. The number of sulfonamides is 1. The highest BCUT2D eigenvalue weighted by molar-refractivity contribution is 7.88. The number of nitrogens with one attached hydrogen (secondary N) is 2. The van der Waals surface area contributed by atoms with Crippen molar-refractivity contribution in [2.24, 2.45) is 0 Å². The monoisotopic (exact) mass is 562 g/mol. The number of halogens is 2. The summed E-state index contributed by atoms with van der Waals surface area (Å²) in [5.74, 6) is 0.131. The van der Waals surface area contributed by atoms with Gasteiger partial charge in [-0.15, -0.1) is 0 Å². The van der Waals surface area contributed by atoms with Crippen LogP contribution in [0.5, 0.6) is 5.88 Å². The Bertz CT molecular complexity index is 1450. The Morgan fingerprint density at radius 1 is 1.14 bits per heavy atom. The molecule has 0 unspecified atom stereocenters. The first-order valence-corrected chi connectivity index (χ1v) is 14.1. The summed E-state index contributed by atoms with van der Waals surface area (Å²) in [5, 5.41) is 3.86. The molecule has 2 aliphatic rings. The minimum absolute atomic E-state index is 0.0825. The normalized spacial score (nSPS) is 15.6. The van der Waals surface area contributed by atoms with Gasteiger partial charge in [0.05, 0.1) is 22.0 Å². The molecule has 10 nitrogen and oxygen atoms in total. The molecule has 3 heterocycles. The molecule has 0 saturated heterocycles. The number of hydrogen-bond donors (Lipinski definition) is 2. The Balaban J connectivity index is 1.26. The van der Waals surface area contributed by atoms with E-state index in [2.05, 4.69) is 31.0 Å². The zero-order valence-corrected chi connectivity index (χ0v) is 22.2. The minimum atomic E-state index is -3.19. The summed E-state index contributed by atoms with van der Waals surface area (Å²) >= 11 is 12.5. The zero-order valence-electron chi connectivity index (χ0n) is 19.9. The van der Waals surface area contributed by atoms with Crippen LogP contribution in [0.4, 0.5) is 17.3 Å². The molecule has 0 bridgehead atoms. The van der Waals surface area contributed by atoms with Crippen molar-refractivity contribution in [3.63, 3.8) is 0 Å². The number of rotatable bonds is 7. The second-order valence-corrected chi connectivity index (χ2v) is 11.4. The maximum atomic E-state index is 13.1. The first-order valence-electron chi connectivity index (χ1n) is 11.5. The van der Waals surface area contributed by atoms with Gasteiger partial charge in [-0.3, -0.25) is 14.6 Å². The van der Waals surface area contributed by atoms with Gasteiger partial charge in [0.25, 0.3) is 5.91 Å². The van der Waals surface area contributed by atoms with Gasteiger partial charge in [0.15, 0.2) is 6.73 Å². The van der Waals surface area contributed by atoms with Crippen LogP contribution < -0.4 is 19.7 Å². The van der Waals surface area contributed by atoms with E-state index in [9.17, 15) is 13.2 Å². The average Bonchev–Trinajstić information content (AvgIpc) is 2.84. The van der Waals surface area contributed by atoms with Crippen LogP contribution in [0.2, 0.25) is 10.0 Å². The lowest BCUT2D eigenvalue weighted by Crippen LogP contribution is -2.39. The van der Waals surface area contributed by atoms with Gasteiger partial charge in [-0.2, -0.15) is 4.98 Å². The molecule has 3 aromatic rings. The van der Waals surface area contributed by atoms with Crippen molar-refractivity contribution in [2.75, 3.05) is 42.8 Å². The van der Waals surface area contributed by atoms with Crippen LogP contribution >= 0.6 is 23.2 Å². The number of para-hydroxylation sites is 1. The molecule has 0 atom stereocenters. The molecule has 37 heavy (non-hydrogen) atoms. The summed E-state index contributed by atoms with van der Waals surface area (Å²) in [4.78, 5) is 25.3. The Labute approximate surface area is 224 Å². The molecule has 2 aliphatic heterocycles. The zero-order chi connectivity index (χ0) is 26.2. The lowest BCUT2D eigenvalue weighted by Gasteiger charge is -2.29. The molecule has 13 heteroatoms. The van der Waals surface area contributed by atoms with E-state index in [-0.39, 0.29) is 24.1 Å². The smallest absolute Gasteiger partial charge is 0.268 e. The molecule has 0 fully saturated rings. The van der Waals surface area contributed by atoms with E-state index < -0.39 is 10.0 Å². The summed E-state index contributed by atoms with van der Waals surface area (Å²) in [6.07, 6.45) is 3.42. The average molecular weight is 563 g/mol. The molecule has 2 aromatic carbocycles.